The number of hydrogen-bond acceptors (Lipinski definition) is 4. The molecule has 0 unspecified atom stereocenters. The Morgan fingerprint density at radius 3 is 1.52 bits per heavy atom. The monoisotopic (exact) mass is 440 g/mol. The van der Waals surface area contributed by atoms with E-state index >= 15 is 0 Å². The SMILES string of the molecule is Nc1cccc(C(=O)[Te](Cl)(Cl)C(=O)c2cccc(N)c2)c1. The molecule has 21 heavy (non-hydrogen) atoms. The Kier molecular flexibility index (Phi) is 4.80. The molecule has 0 bridgehead atoms. The van der Waals surface area contributed by atoms with Crippen molar-refractivity contribution in [1.29, 1.82) is 0 Å². The van der Waals surface area contributed by atoms with E-state index in [0.717, 1.165) is 0 Å². The molecule has 2 aromatic carbocycles. The van der Waals surface area contributed by atoms with E-state index in [9.17, 15) is 9.59 Å². The molecule has 0 amide bonds. The Balaban J connectivity index is 2.37. The van der Waals surface area contributed by atoms with Crippen LogP contribution in [-0.2, 0) is 0 Å². The molecule has 0 radical (unpaired) electrons. The molecule has 110 valence electrons. The first kappa shape index (κ1) is 16.1. The van der Waals surface area contributed by atoms with Crippen LogP contribution in [0.25, 0.3) is 0 Å². The van der Waals surface area contributed by atoms with Gasteiger partial charge in [0.2, 0.25) is 0 Å². The number of rotatable bonds is 4. The predicted octanol–water partition coefficient (Wildman–Crippen LogP) is 2.91. The Morgan fingerprint density at radius 1 is 0.810 bits per heavy atom. The first-order valence-corrected chi connectivity index (χ1v) is 14.1. The molecule has 7 heteroatoms. The van der Waals surface area contributed by atoms with E-state index < -0.39 is 23.6 Å². The number of carbonyl (C=O) groups excluding carboxylic acids is 2. The summed E-state index contributed by atoms with van der Waals surface area (Å²) in [6.07, 6.45) is 0. The first-order valence-electron chi connectivity index (χ1n) is 5.85. The van der Waals surface area contributed by atoms with Crippen molar-refractivity contribution in [3.63, 3.8) is 0 Å². The molecule has 0 fully saturated rings. The summed E-state index contributed by atoms with van der Waals surface area (Å²) in [6.45, 7) is 0. The van der Waals surface area contributed by atoms with Gasteiger partial charge in [-0.2, -0.15) is 0 Å². The number of benzene rings is 2. The van der Waals surface area contributed by atoms with Crippen LogP contribution >= 0.6 is 17.9 Å². The Bertz CT molecular complexity index is 660. The van der Waals surface area contributed by atoms with Crippen molar-refractivity contribution >= 4 is 52.9 Å². The normalized spacial score (nSPS) is 11.9. The number of carbonyl (C=O) groups is 2. The second kappa shape index (κ2) is 6.25. The first-order chi connectivity index (χ1) is 9.82. The van der Waals surface area contributed by atoms with Crippen molar-refractivity contribution < 1.29 is 9.59 Å². The van der Waals surface area contributed by atoms with Crippen LogP contribution in [0.3, 0.4) is 0 Å². The molecule has 0 heterocycles. The minimum atomic E-state index is -4.49. The third kappa shape index (κ3) is 3.50. The predicted molar refractivity (Wildman–Crippen MR) is 87.8 cm³/mol. The van der Waals surface area contributed by atoms with Crippen molar-refractivity contribution in [2.24, 2.45) is 0 Å². The van der Waals surface area contributed by atoms with Gasteiger partial charge in [-0.3, -0.25) is 0 Å². The molecular weight excluding hydrogens is 427 g/mol. The molecule has 0 aliphatic heterocycles. The molecule has 2 rings (SSSR count). The second-order valence-corrected chi connectivity index (χ2v) is 16.4. The second-order valence-electron chi connectivity index (χ2n) is 4.29. The maximum absolute atomic E-state index is 12.4. The zero-order valence-electron chi connectivity index (χ0n) is 10.8. The van der Waals surface area contributed by atoms with Gasteiger partial charge in [0.1, 0.15) is 0 Å². The molecule has 0 saturated heterocycles. The van der Waals surface area contributed by atoms with Gasteiger partial charge < -0.3 is 0 Å². The fourth-order valence-corrected chi connectivity index (χ4v) is 7.00. The van der Waals surface area contributed by atoms with E-state index in [1.807, 2.05) is 0 Å². The summed E-state index contributed by atoms with van der Waals surface area (Å²) in [7, 11) is 12.4. The Hall–Kier alpha value is -1.25. The van der Waals surface area contributed by atoms with Crippen LogP contribution in [0, 0.1) is 0 Å². The summed E-state index contributed by atoms with van der Waals surface area (Å²) >= 11 is -4.49. The van der Waals surface area contributed by atoms with Crippen LogP contribution in [0.4, 0.5) is 11.4 Å². The number of nitrogens with two attached hydrogens (primary N) is 2. The Labute approximate surface area is 133 Å². The van der Waals surface area contributed by atoms with E-state index in [1.54, 1.807) is 24.3 Å². The van der Waals surface area contributed by atoms with Crippen molar-refractivity contribution in [2.45, 2.75) is 0 Å². The zero-order chi connectivity index (χ0) is 15.6. The van der Waals surface area contributed by atoms with Gasteiger partial charge in [0.05, 0.1) is 0 Å². The molecule has 0 saturated carbocycles. The van der Waals surface area contributed by atoms with Gasteiger partial charge in [0, 0.05) is 0 Å². The summed E-state index contributed by atoms with van der Waals surface area (Å²) in [6, 6.07) is 12.5. The number of anilines is 2. The topological polar surface area (TPSA) is 86.2 Å². The fraction of sp³-hybridized carbons (Fsp3) is 0. The molecule has 0 aliphatic carbocycles. The van der Waals surface area contributed by atoms with E-state index in [1.165, 1.54) is 24.3 Å². The van der Waals surface area contributed by atoms with Crippen LogP contribution in [0.1, 0.15) is 20.7 Å². The van der Waals surface area contributed by atoms with Crippen LogP contribution in [-0.4, -0.2) is 23.6 Å². The van der Waals surface area contributed by atoms with Crippen molar-refractivity contribution in [3.8, 4) is 0 Å². The molecule has 4 nitrogen and oxygen atoms in total. The van der Waals surface area contributed by atoms with Gasteiger partial charge in [-0.1, -0.05) is 0 Å². The van der Waals surface area contributed by atoms with Crippen LogP contribution in [0.2, 0.25) is 0 Å². The van der Waals surface area contributed by atoms with E-state index in [4.69, 9.17) is 29.4 Å². The standard InChI is InChI=1S/C14H12Cl2N2O2Te/c15-21(16,13(19)9-3-1-5-11(17)7-9)14(20)10-4-2-6-12(18)8-10/h1-8H,17-18H2. The van der Waals surface area contributed by atoms with Gasteiger partial charge in [-0.05, 0) is 0 Å². The quantitative estimate of drug-likeness (QED) is 0.568. The van der Waals surface area contributed by atoms with Gasteiger partial charge in [0.25, 0.3) is 0 Å². The minimum absolute atomic E-state index is 0.249. The van der Waals surface area contributed by atoms with Gasteiger partial charge in [0.15, 0.2) is 0 Å². The van der Waals surface area contributed by atoms with E-state index in [-0.39, 0.29) is 11.1 Å². The summed E-state index contributed by atoms with van der Waals surface area (Å²) in [5.41, 5.74) is 12.6. The van der Waals surface area contributed by atoms with Crippen LogP contribution < -0.4 is 11.5 Å². The molecule has 4 N–H and O–H groups in total. The third-order valence-electron chi connectivity index (χ3n) is 2.71. The van der Waals surface area contributed by atoms with Crippen molar-refractivity contribution in [3.05, 3.63) is 59.7 Å². The zero-order valence-corrected chi connectivity index (χ0v) is 14.6. The maximum atomic E-state index is 12.4. The van der Waals surface area contributed by atoms with Gasteiger partial charge >= 0.3 is 134 Å². The Morgan fingerprint density at radius 2 is 1.19 bits per heavy atom. The van der Waals surface area contributed by atoms with Crippen LogP contribution in [0.5, 0.6) is 0 Å². The average Bonchev–Trinajstić information content (AvgIpc) is 2.45. The molecule has 0 aromatic heterocycles. The van der Waals surface area contributed by atoms with Gasteiger partial charge in [-0.15, -0.1) is 0 Å². The van der Waals surface area contributed by atoms with E-state index in [0.29, 0.717) is 11.4 Å². The fourth-order valence-electron chi connectivity index (χ4n) is 1.71. The average molecular weight is 439 g/mol. The summed E-state index contributed by atoms with van der Waals surface area (Å²) in [4.78, 5) is 24.9. The van der Waals surface area contributed by atoms with Crippen LogP contribution in [0.15, 0.2) is 48.5 Å². The molecule has 0 aliphatic rings. The summed E-state index contributed by atoms with van der Waals surface area (Å²) in [5.74, 6) is 0. The van der Waals surface area contributed by atoms with Crippen molar-refractivity contribution in [1.82, 2.24) is 0 Å². The number of nitrogen functional groups attached to an aromatic ring is 2. The number of halogens is 2. The summed E-state index contributed by atoms with van der Waals surface area (Å²) in [5, 5.41) is 0. The van der Waals surface area contributed by atoms with E-state index in [2.05, 4.69) is 0 Å². The molecule has 0 atom stereocenters. The third-order valence-corrected chi connectivity index (χ3v) is 10.5. The van der Waals surface area contributed by atoms with Gasteiger partial charge in [-0.25, -0.2) is 0 Å². The number of hydrogen-bond donors (Lipinski definition) is 2. The van der Waals surface area contributed by atoms with Crippen molar-refractivity contribution in [2.75, 3.05) is 11.5 Å². The molecule has 2 aromatic rings. The molecule has 0 spiro atoms. The molecular formula is C14H12Cl2N2O2Te. The summed E-state index contributed by atoms with van der Waals surface area (Å²) < 4.78 is -1.08.